The third-order valence-corrected chi connectivity index (χ3v) is 8.18. The zero-order valence-electron chi connectivity index (χ0n) is 16.3. The molecule has 2 aromatic heterocycles. The van der Waals surface area contributed by atoms with Crippen LogP contribution in [-0.2, 0) is 21.4 Å². The highest BCUT2D eigenvalue weighted by atomic mass is 32.2. The SMILES string of the molecule is COc1ccc(S(=O)(=O)N2Cc3cc(-c4cccnc4)sc3[C@H](O)[C@@H]2C(=O)NO)cc1. The first-order valence-corrected chi connectivity index (χ1v) is 11.4. The zero-order valence-corrected chi connectivity index (χ0v) is 17.9. The Kier molecular flexibility index (Phi) is 5.77. The zero-order chi connectivity index (χ0) is 22.2. The van der Waals surface area contributed by atoms with Gasteiger partial charge in [-0.15, -0.1) is 11.3 Å². The van der Waals surface area contributed by atoms with E-state index >= 15 is 0 Å². The Bertz CT molecular complexity index is 1200. The van der Waals surface area contributed by atoms with Crippen molar-refractivity contribution in [3.63, 3.8) is 0 Å². The number of rotatable bonds is 5. The van der Waals surface area contributed by atoms with Crippen LogP contribution in [0.3, 0.4) is 0 Å². The molecule has 3 N–H and O–H groups in total. The normalized spacial score (nSPS) is 18.9. The highest BCUT2D eigenvalue weighted by Gasteiger charge is 2.46. The monoisotopic (exact) mass is 461 g/mol. The van der Waals surface area contributed by atoms with E-state index in [-0.39, 0.29) is 11.4 Å². The van der Waals surface area contributed by atoms with E-state index in [2.05, 4.69) is 4.98 Å². The number of benzene rings is 1. The number of hydroxylamine groups is 1. The number of pyridine rings is 1. The maximum Gasteiger partial charge on any atom is 0.264 e. The van der Waals surface area contributed by atoms with E-state index in [0.29, 0.717) is 16.2 Å². The van der Waals surface area contributed by atoms with Crippen molar-refractivity contribution in [3.8, 4) is 16.2 Å². The molecule has 0 aliphatic carbocycles. The van der Waals surface area contributed by atoms with Crippen molar-refractivity contribution in [1.82, 2.24) is 14.8 Å². The Morgan fingerprint density at radius 3 is 2.65 bits per heavy atom. The van der Waals surface area contributed by atoms with Gasteiger partial charge in [-0.05, 0) is 42.0 Å². The average Bonchev–Trinajstić information content (AvgIpc) is 3.24. The molecule has 0 radical (unpaired) electrons. The Labute approximate surface area is 182 Å². The van der Waals surface area contributed by atoms with E-state index in [9.17, 15) is 23.5 Å². The van der Waals surface area contributed by atoms with Gasteiger partial charge in [0.1, 0.15) is 17.9 Å². The third kappa shape index (κ3) is 3.82. The molecule has 0 unspecified atom stereocenters. The van der Waals surface area contributed by atoms with Gasteiger partial charge in [0.25, 0.3) is 5.91 Å². The molecule has 1 aromatic carbocycles. The van der Waals surface area contributed by atoms with Crippen LogP contribution >= 0.6 is 11.3 Å². The Balaban J connectivity index is 1.78. The number of nitrogens with one attached hydrogen (secondary N) is 1. The smallest absolute Gasteiger partial charge is 0.264 e. The van der Waals surface area contributed by atoms with Crippen molar-refractivity contribution >= 4 is 27.3 Å². The second-order valence-electron chi connectivity index (χ2n) is 6.83. The number of methoxy groups -OCH3 is 1. The number of aliphatic hydroxyl groups excluding tert-OH is 1. The van der Waals surface area contributed by atoms with E-state index < -0.39 is 28.1 Å². The van der Waals surface area contributed by atoms with E-state index in [1.54, 1.807) is 24.5 Å². The number of nitrogens with zero attached hydrogens (tertiary/aromatic N) is 2. The summed E-state index contributed by atoms with van der Waals surface area (Å²) in [5.74, 6) is -0.546. The van der Waals surface area contributed by atoms with Gasteiger partial charge in [-0.25, -0.2) is 13.9 Å². The van der Waals surface area contributed by atoms with Gasteiger partial charge < -0.3 is 9.84 Å². The summed E-state index contributed by atoms with van der Waals surface area (Å²) in [6.45, 7) is -0.143. The fraction of sp³-hybridized carbons (Fsp3) is 0.200. The Morgan fingerprint density at radius 2 is 2.03 bits per heavy atom. The fourth-order valence-electron chi connectivity index (χ4n) is 3.49. The lowest BCUT2D eigenvalue weighted by atomic mass is 10.0. The molecule has 0 bridgehead atoms. The average molecular weight is 462 g/mol. The van der Waals surface area contributed by atoms with Gasteiger partial charge in [-0.2, -0.15) is 4.31 Å². The number of hydrogen-bond acceptors (Lipinski definition) is 8. The number of carbonyl (C=O) groups excluding carboxylic acids is 1. The second kappa shape index (κ2) is 8.36. The highest BCUT2D eigenvalue weighted by Crippen LogP contribution is 2.42. The van der Waals surface area contributed by atoms with Gasteiger partial charge in [-0.1, -0.05) is 6.07 Å². The lowest BCUT2D eigenvalue weighted by molar-refractivity contribution is -0.137. The maximum absolute atomic E-state index is 13.4. The molecule has 9 nitrogen and oxygen atoms in total. The van der Waals surface area contributed by atoms with E-state index in [1.807, 2.05) is 6.07 Å². The van der Waals surface area contributed by atoms with Crippen LogP contribution in [0.1, 0.15) is 16.5 Å². The van der Waals surface area contributed by atoms with Crippen molar-refractivity contribution < 1.29 is 28.3 Å². The number of thiophene rings is 1. The number of hydrogen-bond donors (Lipinski definition) is 3. The number of carbonyl (C=O) groups is 1. The molecular weight excluding hydrogens is 442 g/mol. The van der Waals surface area contributed by atoms with Crippen LogP contribution in [0, 0.1) is 0 Å². The summed E-state index contributed by atoms with van der Waals surface area (Å²) in [5.41, 5.74) is 2.86. The van der Waals surface area contributed by atoms with Crippen molar-refractivity contribution in [1.29, 1.82) is 0 Å². The van der Waals surface area contributed by atoms with Crippen LogP contribution in [0.5, 0.6) is 5.75 Å². The van der Waals surface area contributed by atoms with Crippen LogP contribution in [0.4, 0.5) is 0 Å². The second-order valence-corrected chi connectivity index (χ2v) is 9.81. The van der Waals surface area contributed by atoms with Crippen molar-refractivity contribution in [2.75, 3.05) is 7.11 Å². The van der Waals surface area contributed by atoms with Crippen molar-refractivity contribution in [2.24, 2.45) is 0 Å². The molecular formula is C20H19N3O6S2. The summed E-state index contributed by atoms with van der Waals surface area (Å²) >= 11 is 1.25. The summed E-state index contributed by atoms with van der Waals surface area (Å²) < 4.78 is 32.7. The quantitative estimate of drug-likeness (QED) is 0.391. The summed E-state index contributed by atoms with van der Waals surface area (Å²) in [5, 5.41) is 20.1. The van der Waals surface area contributed by atoms with Gasteiger partial charge in [-0.3, -0.25) is 15.0 Å². The first-order valence-electron chi connectivity index (χ1n) is 9.17. The van der Waals surface area contributed by atoms with E-state index in [1.165, 1.54) is 48.2 Å². The predicted molar refractivity (Wildman–Crippen MR) is 112 cm³/mol. The standard InChI is InChI=1S/C20H19N3O6S2/c1-29-14-4-6-15(7-5-14)31(27,28)23-11-13-9-16(12-3-2-8-21-10-12)30-19(13)18(24)17(23)20(25)22-26/h2-10,17-18,24,26H,11H2,1H3,(H,22,25)/t17-,18-/m1/s1. The molecule has 2 atom stereocenters. The molecule has 11 heteroatoms. The molecule has 1 aliphatic heterocycles. The van der Waals surface area contributed by atoms with Crippen LogP contribution in [0.15, 0.2) is 59.8 Å². The lowest BCUT2D eigenvalue weighted by Crippen LogP contribution is -2.53. The highest BCUT2D eigenvalue weighted by molar-refractivity contribution is 7.89. The predicted octanol–water partition coefficient (Wildman–Crippen LogP) is 1.93. The first kappa shape index (κ1) is 21.4. The molecule has 162 valence electrons. The molecule has 31 heavy (non-hydrogen) atoms. The maximum atomic E-state index is 13.4. The minimum absolute atomic E-state index is 0.0672. The molecule has 0 fully saturated rings. The number of sulfonamides is 1. The van der Waals surface area contributed by atoms with Crippen LogP contribution in [0.25, 0.3) is 10.4 Å². The molecule has 0 saturated heterocycles. The Morgan fingerprint density at radius 1 is 1.29 bits per heavy atom. The van der Waals surface area contributed by atoms with Gasteiger partial charge in [0.2, 0.25) is 10.0 Å². The van der Waals surface area contributed by atoms with Crippen LogP contribution < -0.4 is 10.2 Å². The van der Waals surface area contributed by atoms with Crippen LogP contribution in [-0.4, -0.2) is 47.1 Å². The topological polar surface area (TPSA) is 129 Å². The van der Waals surface area contributed by atoms with Gasteiger partial charge in [0.05, 0.1) is 12.0 Å². The molecule has 3 heterocycles. The van der Waals surface area contributed by atoms with Crippen molar-refractivity contribution in [3.05, 3.63) is 65.3 Å². The molecule has 1 aliphatic rings. The summed E-state index contributed by atoms with van der Waals surface area (Å²) in [6.07, 6.45) is 1.84. The molecule has 0 saturated carbocycles. The van der Waals surface area contributed by atoms with E-state index in [4.69, 9.17) is 4.74 Å². The molecule has 0 spiro atoms. The van der Waals surface area contributed by atoms with Crippen molar-refractivity contribution in [2.45, 2.75) is 23.6 Å². The largest absolute Gasteiger partial charge is 0.497 e. The molecule has 3 aromatic rings. The number of fused-ring (bicyclic) bond motifs is 1. The summed E-state index contributed by atoms with van der Waals surface area (Å²) in [7, 11) is -2.72. The van der Waals surface area contributed by atoms with Gasteiger partial charge in [0.15, 0.2) is 0 Å². The lowest BCUT2D eigenvalue weighted by Gasteiger charge is -2.36. The van der Waals surface area contributed by atoms with Crippen LogP contribution in [0.2, 0.25) is 0 Å². The molecule has 1 amide bonds. The fourth-order valence-corrected chi connectivity index (χ4v) is 6.24. The van der Waals surface area contributed by atoms with Gasteiger partial charge in [0, 0.05) is 34.3 Å². The number of ether oxygens (including phenoxy) is 1. The third-order valence-electron chi connectivity index (χ3n) is 5.04. The van der Waals surface area contributed by atoms with E-state index in [0.717, 1.165) is 14.7 Å². The molecule has 4 rings (SSSR count). The summed E-state index contributed by atoms with van der Waals surface area (Å²) in [4.78, 5) is 17.7. The number of amides is 1. The number of aliphatic hydroxyl groups is 1. The summed E-state index contributed by atoms with van der Waals surface area (Å²) in [6, 6.07) is 9.56. The minimum atomic E-state index is -4.18. The first-order chi connectivity index (χ1) is 14.9. The minimum Gasteiger partial charge on any atom is -0.497 e. The van der Waals surface area contributed by atoms with Gasteiger partial charge >= 0.3 is 0 Å². The Hall–Kier alpha value is -2.83. The number of aromatic nitrogens is 1.